The van der Waals surface area contributed by atoms with Crippen LogP contribution < -0.4 is 5.32 Å². The number of amidine groups is 2. The van der Waals surface area contributed by atoms with Crippen molar-refractivity contribution in [3.63, 3.8) is 0 Å². The molecule has 0 spiro atoms. The molecule has 0 saturated heterocycles. The predicted octanol–water partition coefficient (Wildman–Crippen LogP) is 11.5. The Balaban J connectivity index is 1.11. The first kappa shape index (κ1) is 30.4. The number of para-hydroxylation sites is 3. The summed E-state index contributed by atoms with van der Waals surface area (Å²) in [6.45, 7) is 0. The number of fused-ring (bicyclic) bond motifs is 7. The van der Waals surface area contributed by atoms with Gasteiger partial charge in [-0.2, -0.15) is 0 Å². The van der Waals surface area contributed by atoms with Crippen molar-refractivity contribution >= 4 is 66.1 Å². The zero-order valence-corrected chi connectivity index (χ0v) is 29.3. The first-order chi connectivity index (χ1) is 26.8. The monoisotopic (exact) mass is 691 g/mol. The van der Waals surface area contributed by atoms with E-state index < -0.39 is 6.17 Å². The Kier molecular flexibility index (Phi) is 6.85. The number of nitrogens with zero attached hydrogens (tertiary/aromatic N) is 4. The summed E-state index contributed by atoms with van der Waals surface area (Å²) in [5.74, 6) is 1.59. The second-order valence-electron chi connectivity index (χ2n) is 13.9. The van der Waals surface area contributed by atoms with Crippen LogP contribution in [0, 0.1) is 0 Å². The molecule has 0 bridgehead atoms. The molecule has 54 heavy (non-hydrogen) atoms. The Hall–Kier alpha value is -7.24. The molecule has 1 unspecified atom stereocenters. The highest BCUT2D eigenvalue weighted by Gasteiger charge is 2.25. The lowest BCUT2D eigenvalue weighted by molar-refractivity contribution is 0.755. The van der Waals surface area contributed by atoms with E-state index in [4.69, 9.17) is 9.98 Å². The molecule has 5 heteroatoms. The highest BCUT2D eigenvalue weighted by Crippen LogP contribution is 2.38. The second kappa shape index (κ2) is 12.2. The molecule has 8 aromatic carbocycles. The largest absolute Gasteiger partial charge is 0.324 e. The minimum Gasteiger partial charge on any atom is -0.324 e. The van der Waals surface area contributed by atoms with Gasteiger partial charge in [0.2, 0.25) is 0 Å². The number of benzene rings is 8. The van der Waals surface area contributed by atoms with E-state index in [-0.39, 0.29) is 0 Å². The molecule has 3 heterocycles. The van der Waals surface area contributed by atoms with Gasteiger partial charge in [-0.1, -0.05) is 133 Å². The molecular weight excluding hydrogens is 659 g/mol. The molecule has 1 aliphatic heterocycles. The zero-order valence-electron chi connectivity index (χ0n) is 29.3. The van der Waals surface area contributed by atoms with Crippen molar-refractivity contribution in [1.29, 1.82) is 0 Å². The fourth-order valence-corrected chi connectivity index (χ4v) is 8.31. The standard InChI is InChI=1S/C49H33N5/c1-3-15-32(16-4-1)47-50-48(52-49(51-47)40-25-14-28-44-46(40)39-24-10-12-27-43(39)53(44)36-20-5-2-6-21-36)35-19-13-22-37(29-35)54-42-26-11-9-23-38(42)41-30-33-17-7-8-18-34(33)31-45(41)54/h1-31,48H,(H,50,51,52). The van der Waals surface area contributed by atoms with Crippen LogP contribution in [0.3, 0.4) is 0 Å². The van der Waals surface area contributed by atoms with Crippen LogP contribution in [0.25, 0.3) is 65.8 Å². The summed E-state index contributed by atoms with van der Waals surface area (Å²) >= 11 is 0. The molecule has 1 N–H and O–H groups in total. The van der Waals surface area contributed by atoms with Gasteiger partial charge < -0.3 is 14.5 Å². The van der Waals surface area contributed by atoms with Crippen molar-refractivity contribution < 1.29 is 0 Å². The van der Waals surface area contributed by atoms with Crippen molar-refractivity contribution in [2.75, 3.05) is 0 Å². The van der Waals surface area contributed by atoms with Crippen molar-refractivity contribution in [3.05, 3.63) is 205 Å². The average molecular weight is 692 g/mol. The van der Waals surface area contributed by atoms with Gasteiger partial charge >= 0.3 is 0 Å². The fourth-order valence-electron chi connectivity index (χ4n) is 8.31. The second-order valence-corrected chi connectivity index (χ2v) is 13.9. The highest BCUT2D eigenvalue weighted by atomic mass is 15.2. The quantitative estimate of drug-likeness (QED) is 0.192. The Bertz CT molecular complexity index is 3130. The van der Waals surface area contributed by atoms with Crippen molar-refractivity contribution in [3.8, 4) is 11.4 Å². The number of hydrogen-bond acceptors (Lipinski definition) is 3. The lowest BCUT2D eigenvalue weighted by atomic mass is 10.0. The topological polar surface area (TPSA) is 46.6 Å². The van der Waals surface area contributed by atoms with E-state index in [1.54, 1.807) is 0 Å². The van der Waals surface area contributed by atoms with E-state index in [1.807, 2.05) is 6.07 Å². The van der Waals surface area contributed by atoms with Gasteiger partial charge in [-0.25, -0.2) is 9.98 Å². The fraction of sp³-hybridized carbons (Fsp3) is 0.0204. The zero-order chi connectivity index (χ0) is 35.6. The van der Waals surface area contributed by atoms with Gasteiger partial charge in [-0.3, -0.25) is 0 Å². The maximum absolute atomic E-state index is 5.42. The van der Waals surface area contributed by atoms with E-state index >= 15 is 0 Å². The number of nitrogens with one attached hydrogen (secondary N) is 1. The molecule has 1 aliphatic rings. The van der Waals surface area contributed by atoms with Crippen LogP contribution in [0.15, 0.2) is 198 Å². The summed E-state index contributed by atoms with van der Waals surface area (Å²) in [6, 6.07) is 66.8. The summed E-state index contributed by atoms with van der Waals surface area (Å²) in [7, 11) is 0. The van der Waals surface area contributed by atoms with E-state index in [2.05, 4.69) is 196 Å². The lowest BCUT2D eigenvalue weighted by Gasteiger charge is -2.23. The molecule has 0 saturated carbocycles. The van der Waals surface area contributed by atoms with Gasteiger partial charge in [0.25, 0.3) is 0 Å². The molecule has 254 valence electrons. The van der Waals surface area contributed by atoms with Gasteiger partial charge in [0.05, 0.1) is 22.1 Å². The predicted molar refractivity (Wildman–Crippen MR) is 224 cm³/mol. The Morgan fingerprint density at radius 3 is 1.81 bits per heavy atom. The molecule has 0 amide bonds. The minimum atomic E-state index is -0.469. The number of hydrogen-bond donors (Lipinski definition) is 1. The third-order valence-electron chi connectivity index (χ3n) is 10.7. The third kappa shape index (κ3) is 4.79. The van der Waals surface area contributed by atoms with Crippen LogP contribution in [-0.4, -0.2) is 20.8 Å². The molecule has 0 radical (unpaired) electrons. The Labute approximate surface area is 311 Å². The van der Waals surface area contributed by atoms with E-state index in [0.29, 0.717) is 0 Å². The van der Waals surface area contributed by atoms with Crippen LogP contribution in [-0.2, 0) is 0 Å². The van der Waals surface area contributed by atoms with Gasteiger partial charge in [0, 0.05) is 49.6 Å². The number of aliphatic imine (C=N–C) groups is 2. The number of rotatable bonds is 5. The molecule has 2 aromatic heterocycles. The van der Waals surface area contributed by atoms with Gasteiger partial charge in [-0.05, 0) is 65.4 Å². The summed E-state index contributed by atoms with van der Waals surface area (Å²) < 4.78 is 4.73. The molecule has 11 rings (SSSR count). The van der Waals surface area contributed by atoms with E-state index in [1.165, 1.54) is 38.0 Å². The lowest BCUT2D eigenvalue weighted by Crippen LogP contribution is -2.36. The highest BCUT2D eigenvalue weighted by molar-refractivity contribution is 6.24. The van der Waals surface area contributed by atoms with Crippen LogP contribution in [0.4, 0.5) is 0 Å². The molecule has 0 fully saturated rings. The van der Waals surface area contributed by atoms with Crippen LogP contribution in [0.2, 0.25) is 0 Å². The molecular formula is C49H33N5. The summed E-state index contributed by atoms with van der Waals surface area (Å²) in [5.41, 5.74) is 9.91. The Morgan fingerprint density at radius 1 is 0.407 bits per heavy atom. The Morgan fingerprint density at radius 2 is 1.00 bits per heavy atom. The minimum absolute atomic E-state index is 0.469. The first-order valence-corrected chi connectivity index (χ1v) is 18.4. The maximum Gasteiger partial charge on any atom is 0.169 e. The third-order valence-corrected chi connectivity index (χ3v) is 10.7. The van der Waals surface area contributed by atoms with Gasteiger partial charge in [0.15, 0.2) is 6.17 Å². The van der Waals surface area contributed by atoms with Gasteiger partial charge in [0.1, 0.15) is 11.7 Å². The molecule has 10 aromatic rings. The van der Waals surface area contributed by atoms with Crippen molar-refractivity contribution in [2.45, 2.75) is 6.17 Å². The summed E-state index contributed by atoms with van der Waals surface area (Å²) in [5, 5.41) is 11.0. The normalized spacial score (nSPS) is 14.5. The first-order valence-electron chi connectivity index (χ1n) is 18.4. The van der Waals surface area contributed by atoms with Crippen LogP contribution >= 0.6 is 0 Å². The van der Waals surface area contributed by atoms with Gasteiger partial charge in [-0.15, -0.1) is 0 Å². The van der Waals surface area contributed by atoms with Crippen LogP contribution in [0.1, 0.15) is 22.9 Å². The summed E-state index contributed by atoms with van der Waals surface area (Å²) in [6.07, 6.45) is -0.469. The van der Waals surface area contributed by atoms with Crippen LogP contribution in [0.5, 0.6) is 0 Å². The average Bonchev–Trinajstić information content (AvgIpc) is 3.76. The van der Waals surface area contributed by atoms with E-state index in [9.17, 15) is 0 Å². The molecule has 5 nitrogen and oxygen atoms in total. The SMILES string of the molecule is c1ccc(C2=NC(c3cccc(-n4c5ccccc5c5cc6ccccc6cc54)c3)N=C(c3cccc4c3c3ccccc3n4-c3ccccc3)N2)cc1. The smallest absolute Gasteiger partial charge is 0.169 e. The van der Waals surface area contributed by atoms with E-state index in [0.717, 1.165) is 56.2 Å². The van der Waals surface area contributed by atoms with Crippen molar-refractivity contribution in [2.24, 2.45) is 9.98 Å². The summed E-state index contributed by atoms with van der Waals surface area (Å²) in [4.78, 5) is 10.7. The molecule has 1 atom stereocenters. The molecule has 0 aliphatic carbocycles. The number of aromatic nitrogens is 2. The van der Waals surface area contributed by atoms with Crippen molar-refractivity contribution in [1.82, 2.24) is 14.5 Å². The maximum atomic E-state index is 5.42.